The molecular formula is C11H14ClNO3. The molecule has 0 saturated heterocycles. The average Bonchev–Trinajstić information content (AvgIpc) is 2.21. The highest BCUT2D eigenvalue weighted by molar-refractivity contribution is 6.33. The summed E-state index contributed by atoms with van der Waals surface area (Å²) in [6.45, 7) is 3.61. The highest BCUT2D eigenvalue weighted by atomic mass is 35.5. The SMILES string of the molecule is COc1c(Cl)c(C)cc(C)c1C(N)C(=O)O. The third-order valence-corrected chi connectivity index (χ3v) is 2.90. The lowest BCUT2D eigenvalue weighted by Gasteiger charge is -2.17. The van der Waals surface area contributed by atoms with Crippen LogP contribution in [0.5, 0.6) is 5.75 Å². The molecule has 0 aliphatic rings. The normalized spacial score (nSPS) is 12.3. The van der Waals surface area contributed by atoms with Crippen molar-refractivity contribution in [2.45, 2.75) is 19.9 Å². The van der Waals surface area contributed by atoms with E-state index in [0.29, 0.717) is 16.3 Å². The number of hydrogen-bond donors (Lipinski definition) is 2. The van der Waals surface area contributed by atoms with Crippen LogP contribution in [0.3, 0.4) is 0 Å². The molecule has 1 unspecified atom stereocenters. The molecular weight excluding hydrogens is 230 g/mol. The Labute approximate surface area is 99.0 Å². The van der Waals surface area contributed by atoms with E-state index in [4.69, 9.17) is 27.2 Å². The molecule has 0 saturated carbocycles. The number of methoxy groups -OCH3 is 1. The van der Waals surface area contributed by atoms with Crippen molar-refractivity contribution in [2.75, 3.05) is 7.11 Å². The predicted molar refractivity (Wildman–Crippen MR) is 62.0 cm³/mol. The Bertz CT molecular complexity index is 432. The first kappa shape index (κ1) is 12.8. The van der Waals surface area contributed by atoms with E-state index in [1.54, 1.807) is 13.0 Å². The number of hydrogen-bond acceptors (Lipinski definition) is 3. The Morgan fingerprint density at radius 1 is 1.50 bits per heavy atom. The molecule has 0 bridgehead atoms. The van der Waals surface area contributed by atoms with Gasteiger partial charge in [-0.3, -0.25) is 4.79 Å². The molecule has 0 amide bonds. The Balaban J connectivity index is 3.48. The maximum atomic E-state index is 10.9. The Kier molecular flexibility index (Phi) is 3.78. The van der Waals surface area contributed by atoms with E-state index in [0.717, 1.165) is 11.1 Å². The van der Waals surface area contributed by atoms with Crippen molar-refractivity contribution in [3.63, 3.8) is 0 Å². The van der Waals surface area contributed by atoms with E-state index in [9.17, 15) is 4.79 Å². The van der Waals surface area contributed by atoms with Gasteiger partial charge in [0.25, 0.3) is 0 Å². The molecule has 0 aliphatic heterocycles. The molecule has 0 heterocycles. The predicted octanol–water partition coefficient (Wildman–Crippen LogP) is 2.05. The van der Waals surface area contributed by atoms with Crippen molar-refractivity contribution < 1.29 is 14.6 Å². The van der Waals surface area contributed by atoms with Crippen molar-refractivity contribution in [1.29, 1.82) is 0 Å². The molecule has 1 atom stereocenters. The molecule has 16 heavy (non-hydrogen) atoms. The lowest BCUT2D eigenvalue weighted by atomic mass is 9.98. The number of nitrogens with two attached hydrogens (primary N) is 1. The van der Waals surface area contributed by atoms with Gasteiger partial charge in [0.05, 0.1) is 12.1 Å². The molecule has 88 valence electrons. The standard InChI is InChI=1S/C11H14ClNO3/c1-5-4-6(2)8(12)10(16-3)7(5)9(13)11(14)15/h4,9H,13H2,1-3H3,(H,14,15). The number of aryl methyl sites for hydroxylation is 2. The van der Waals surface area contributed by atoms with Crippen LogP contribution in [0.2, 0.25) is 5.02 Å². The first-order chi connectivity index (χ1) is 7.40. The van der Waals surface area contributed by atoms with Gasteiger partial charge in [-0.05, 0) is 25.0 Å². The number of ether oxygens (including phenoxy) is 1. The van der Waals surface area contributed by atoms with Gasteiger partial charge in [-0.25, -0.2) is 0 Å². The van der Waals surface area contributed by atoms with E-state index in [2.05, 4.69) is 0 Å². The summed E-state index contributed by atoms with van der Waals surface area (Å²) in [5.41, 5.74) is 7.61. The number of halogens is 1. The summed E-state index contributed by atoms with van der Waals surface area (Å²) in [6.07, 6.45) is 0. The van der Waals surface area contributed by atoms with E-state index >= 15 is 0 Å². The fraction of sp³-hybridized carbons (Fsp3) is 0.364. The molecule has 0 radical (unpaired) electrons. The van der Waals surface area contributed by atoms with Gasteiger partial charge in [-0.1, -0.05) is 17.7 Å². The van der Waals surface area contributed by atoms with Gasteiger partial charge in [0, 0.05) is 5.56 Å². The van der Waals surface area contributed by atoms with Crippen LogP contribution in [0.1, 0.15) is 22.7 Å². The highest BCUT2D eigenvalue weighted by Gasteiger charge is 2.24. The first-order valence-corrected chi connectivity index (χ1v) is 5.10. The molecule has 3 N–H and O–H groups in total. The third-order valence-electron chi connectivity index (χ3n) is 2.43. The minimum absolute atomic E-state index is 0.342. The van der Waals surface area contributed by atoms with Gasteiger partial charge in [0.1, 0.15) is 11.8 Å². The summed E-state index contributed by atoms with van der Waals surface area (Å²) in [4.78, 5) is 10.9. The lowest BCUT2D eigenvalue weighted by molar-refractivity contribution is -0.138. The molecule has 0 spiro atoms. The van der Waals surface area contributed by atoms with Crippen LogP contribution >= 0.6 is 11.6 Å². The fourth-order valence-electron chi connectivity index (χ4n) is 1.65. The molecule has 0 fully saturated rings. The molecule has 1 aromatic carbocycles. The Morgan fingerprint density at radius 3 is 2.50 bits per heavy atom. The maximum Gasteiger partial charge on any atom is 0.325 e. The van der Waals surface area contributed by atoms with Gasteiger partial charge in [0.2, 0.25) is 0 Å². The van der Waals surface area contributed by atoms with Crippen LogP contribution in [-0.2, 0) is 4.79 Å². The minimum Gasteiger partial charge on any atom is -0.495 e. The molecule has 1 rings (SSSR count). The van der Waals surface area contributed by atoms with E-state index in [1.165, 1.54) is 7.11 Å². The number of carboxylic acids is 1. The van der Waals surface area contributed by atoms with Crippen molar-refractivity contribution in [2.24, 2.45) is 5.73 Å². The summed E-state index contributed by atoms with van der Waals surface area (Å²) in [5, 5.41) is 9.32. The van der Waals surface area contributed by atoms with Gasteiger partial charge in [-0.15, -0.1) is 0 Å². The van der Waals surface area contributed by atoms with E-state index < -0.39 is 12.0 Å². The molecule has 1 aromatic rings. The Morgan fingerprint density at radius 2 is 2.06 bits per heavy atom. The molecule has 5 heteroatoms. The second-order valence-electron chi connectivity index (χ2n) is 3.59. The van der Waals surface area contributed by atoms with E-state index in [1.807, 2.05) is 6.92 Å². The van der Waals surface area contributed by atoms with Crippen molar-refractivity contribution in [1.82, 2.24) is 0 Å². The smallest absolute Gasteiger partial charge is 0.325 e. The minimum atomic E-state index is -1.13. The average molecular weight is 244 g/mol. The number of carboxylic acid groups (broad SMARTS) is 1. The summed E-state index contributed by atoms with van der Waals surface area (Å²) >= 11 is 6.05. The van der Waals surface area contributed by atoms with Crippen LogP contribution in [0.4, 0.5) is 0 Å². The summed E-state index contributed by atoms with van der Waals surface area (Å²) in [5.74, 6) is -0.768. The Hall–Kier alpha value is -1.26. The zero-order chi connectivity index (χ0) is 12.5. The number of carbonyl (C=O) groups is 1. The largest absolute Gasteiger partial charge is 0.495 e. The van der Waals surface area contributed by atoms with Crippen LogP contribution in [0, 0.1) is 13.8 Å². The second-order valence-corrected chi connectivity index (χ2v) is 3.97. The van der Waals surface area contributed by atoms with Crippen LogP contribution < -0.4 is 10.5 Å². The van der Waals surface area contributed by atoms with Crippen LogP contribution in [-0.4, -0.2) is 18.2 Å². The molecule has 4 nitrogen and oxygen atoms in total. The number of rotatable bonds is 3. The monoisotopic (exact) mass is 243 g/mol. The number of aliphatic carboxylic acids is 1. The van der Waals surface area contributed by atoms with Crippen LogP contribution in [0.25, 0.3) is 0 Å². The highest BCUT2D eigenvalue weighted by Crippen LogP contribution is 2.37. The van der Waals surface area contributed by atoms with Gasteiger partial charge < -0.3 is 15.6 Å². The summed E-state index contributed by atoms with van der Waals surface area (Å²) in [7, 11) is 1.44. The lowest BCUT2D eigenvalue weighted by Crippen LogP contribution is -2.22. The topological polar surface area (TPSA) is 72.5 Å². The second kappa shape index (κ2) is 4.72. The zero-order valence-corrected chi connectivity index (χ0v) is 10.1. The number of benzene rings is 1. The molecule has 0 aliphatic carbocycles. The van der Waals surface area contributed by atoms with E-state index in [-0.39, 0.29) is 0 Å². The molecule has 0 aromatic heterocycles. The fourth-order valence-corrected chi connectivity index (χ4v) is 1.89. The maximum absolute atomic E-state index is 10.9. The first-order valence-electron chi connectivity index (χ1n) is 4.72. The zero-order valence-electron chi connectivity index (χ0n) is 9.37. The van der Waals surface area contributed by atoms with Gasteiger partial charge >= 0.3 is 5.97 Å². The van der Waals surface area contributed by atoms with Gasteiger partial charge in [-0.2, -0.15) is 0 Å². The summed E-state index contributed by atoms with van der Waals surface area (Å²) < 4.78 is 5.13. The van der Waals surface area contributed by atoms with Crippen molar-refractivity contribution in [3.05, 3.63) is 27.8 Å². The third kappa shape index (κ3) is 2.13. The van der Waals surface area contributed by atoms with Crippen molar-refractivity contribution in [3.8, 4) is 5.75 Å². The van der Waals surface area contributed by atoms with Gasteiger partial charge in [0.15, 0.2) is 0 Å². The quantitative estimate of drug-likeness (QED) is 0.852. The van der Waals surface area contributed by atoms with Crippen molar-refractivity contribution >= 4 is 17.6 Å². The van der Waals surface area contributed by atoms with Crippen LogP contribution in [0.15, 0.2) is 6.07 Å². The summed E-state index contributed by atoms with van der Waals surface area (Å²) in [6, 6.07) is 0.663.